The van der Waals surface area contributed by atoms with Crippen molar-refractivity contribution in [2.24, 2.45) is 5.92 Å². The number of carbonyl (C=O) groups excluding carboxylic acids is 1. The van der Waals surface area contributed by atoms with Crippen LogP contribution in [0.25, 0.3) is 5.69 Å². The standard InChI is InChI=1S/C13H14N4O2/c18-13(10-5-6-19-7-10)16-11-3-1-2-4-12(11)17-9-14-8-15-17/h1-4,8-10H,5-7H2,(H,16,18). The molecule has 0 saturated carbocycles. The van der Waals surface area contributed by atoms with Crippen molar-refractivity contribution in [3.63, 3.8) is 0 Å². The van der Waals surface area contributed by atoms with Crippen molar-refractivity contribution in [2.45, 2.75) is 6.42 Å². The number of rotatable bonds is 3. The second kappa shape index (κ2) is 5.19. The summed E-state index contributed by atoms with van der Waals surface area (Å²) < 4.78 is 6.86. The first kappa shape index (κ1) is 11.9. The highest BCUT2D eigenvalue weighted by molar-refractivity contribution is 5.94. The van der Waals surface area contributed by atoms with Gasteiger partial charge in [-0.3, -0.25) is 4.79 Å². The summed E-state index contributed by atoms with van der Waals surface area (Å²) in [6, 6.07) is 7.51. The fraction of sp³-hybridized carbons (Fsp3) is 0.308. The Morgan fingerprint density at radius 2 is 2.32 bits per heavy atom. The Bertz CT molecular complexity index is 562. The van der Waals surface area contributed by atoms with Crippen LogP contribution in [0, 0.1) is 5.92 Å². The third-order valence-corrected chi connectivity index (χ3v) is 3.13. The van der Waals surface area contributed by atoms with Crippen LogP contribution in [0.2, 0.25) is 0 Å². The van der Waals surface area contributed by atoms with E-state index in [1.165, 1.54) is 6.33 Å². The highest BCUT2D eigenvalue weighted by atomic mass is 16.5. The first-order valence-electron chi connectivity index (χ1n) is 6.17. The zero-order chi connectivity index (χ0) is 13.1. The topological polar surface area (TPSA) is 69.0 Å². The summed E-state index contributed by atoms with van der Waals surface area (Å²) in [7, 11) is 0. The third-order valence-electron chi connectivity index (χ3n) is 3.13. The molecule has 1 aliphatic rings. The number of carbonyl (C=O) groups is 1. The Hall–Kier alpha value is -2.21. The van der Waals surface area contributed by atoms with Crippen LogP contribution in [-0.4, -0.2) is 33.9 Å². The summed E-state index contributed by atoms with van der Waals surface area (Å²) in [4.78, 5) is 16.0. The van der Waals surface area contributed by atoms with Gasteiger partial charge in [0.05, 0.1) is 23.9 Å². The monoisotopic (exact) mass is 258 g/mol. The number of hydrogen-bond acceptors (Lipinski definition) is 4. The molecule has 6 nitrogen and oxygen atoms in total. The van der Waals surface area contributed by atoms with Gasteiger partial charge in [0.15, 0.2) is 0 Å². The van der Waals surface area contributed by atoms with E-state index in [2.05, 4.69) is 15.4 Å². The molecule has 98 valence electrons. The molecular formula is C13H14N4O2. The Morgan fingerprint density at radius 1 is 1.42 bits per heavy atom. The molecule has 1 saturated heterocycles. The van der Waals surface area contributed by atoms with E-state index >= 15 is 0 Å². The average molecular weight is 258 g/mol. The molecule has 2 aromatic rings. The van der Waals surface area contributed by atoms with Crippen molar-refractivity contribution in [2.75, 3.05) is 18.5 Å². The Kier molecular flexibility index (Phi) is 3.24. The summed E-state index contributed by atoms with van der Waals surface area (Å²) in [6.07, 6.45) is 3.84. The number of benzene rings is 1. The lowest BCUT2D eigenvalue weighted by molar-refractivity contribution is -0.119. The van der Waals surface area contributed by atoms with Gasteiger partial charge in [-0.15, -0.1) is 0 Å². The lowest BCUT2D eigenvalue weighted by atomic mass is 10.1. The number of ether oxygens (including phenoxy) is 1. The molecule has 1 unspecified atom stereocenters. The largest absolute Gasteiger partial charge is 0.381 e. The number of aromatic nitrogens is 3. The second-order valence-electron chi connectivity index (χ2n) is 4.41. The molecule has 19 heavy (non-hydrogen) atoms. The number of nitrogens with one attached hydrogen (secondary N) is 1. The van der Waals surface area contributed by atoms with E-state index in [4.69, 9.17) is 4.74 Å². The van der Waals surface area contributed by atoms with Gasteiger partial charge in [-0.05, 0) is 18.6 Å². The van der Waals surface area contributed by atoms with E-state index < -0.39 is 0 Å². The molecule has 3 rings (SSSR count). The molecule has 1 aliphatic heterocycles. The zero-order valence-corrected chi connectivity index (χ0v) is 10.3. The van der Waals surface area contributed by atoms with Crippen molar-refractivity contribution in [3.8, 4) is 5.69 Å². The van der Waals surface area contributed by atoms with Crippen molar-refractivity contribution >= 4 is 11.6 Å². The van der Waals surface area contributed by atoms with Crippen molar-refractivity contribution in [1.29, 1.82) is 0 Å². The fourth-order valence-corrected chi connectivity index (χ4v) is 2.09. The van der Waals surface area contributed by atoms with Gasteiger partial charge in [0, 0.05) is 6.61 Å². The minimum atomic E-state index is -0.0659. The Labute approximate surface area is 110 Å². The van der Waals surface area contributed by atoms with Crippen LogP contribution < -0.4 is 5.32 Å². The van der Waals surface area contributed by atoms with Crippen LogP contribution in [0.1, 0.15) is 6.42 Å². The molecule has 2 heterocycles. The SMILES string of the molecule is O=C(Nc1ccccc1-n1cncn1)C1CCOC1. The average Bonchev–Trinajstić information content (AvgIpc) is 3.13. The van der Waals surface area contributed by atoms with E-state index in [0.717, 1.165) is 17.8 Å². The highest BCUT2D eigenvalue weighted by Crippen LogP contribution is 2.21. The number of amides is 1. The van der Waals surface area contributed by atoms with Gasteiger partial charge in [-0.1, -0.05) is 12.1 Å². The summed E-state index contributed by atoms with van der Waals surface area (Å²) in [5.41, 5.74) is 1.53. The number of anilines is 1. The minimum Gasteiger partial charge on any atom is -0.381 e. The first-order chi connectivity index (χ1) is 9.34. The van der Waals surface area contributed by atoms with Crippen LogP contribution in [0.3, 0.4) is 0 Å². The molecule has 0 bridgehead atoms. The maximum Gasteiger partial charge on any atom is 0.229 e. The van der Waals surface area contributed by atoms with Crippen LogP contribution in [0.4, 0.5) is 5.69 Å². The lowest BCUT2D eigenvalue weighted by Crippen LogP contribution is -2.23. The zero-order valence-electron chi connectivity index (χ0n) is 10.3. The van der Waals surface area contributed by atoms with Gasteiger partial charge >= 0.3 is 0 Å². The predicted molar refractivity (Wildman–Crippen MR) is 68.9 cm³/mol. The molecule has 1 fully saturated rings. The molecule has 0 radical (unpaired) electrons. The predicted octanol–water partition coefficient (Wildman–Crippen LogP) is 1.24. The van der Waals surface area contributed by atoms with Crippen molar-refractivity contribution in [1.82, 2.24) is 14.8 Å². The molecule has 1 aromatic heterocycles. The van der Waals surface area contributed by atoms with Gasteiger partial charge in [0.1, 0.15) is 12.7 Å². The van der Waals surface area contributed by atoms with Crippen LogP contribution in [0.15, 0.2) is 36.9 Å². The summed E-state index contributed by atoms with van der Waals surface area (Å²) in [5.74, 6) is -0.0751. The van der Waals surface area contributed by atoms with Crippen LogP contribution in [0.5, 0.6) is 0 Å². The molecule has 0 spiro atoms. The molecule has 1 amide bonds. The van der Waals surface area contributed by atoms with Gasteiger partial charge in [0.2, 0.25) is 5.91 Å². The van der Waals surface area contributed by atoms with Gasteiger partial charge < -0.3 is 10.1 Å². The number of nitrogens with zero attached hydrogens (tertiary/aromatic N) is 3. The fourth-order valence-electron chi connectivity index (χ4n) is 2.09. The summed E-state index contributed by atoms with van der Waals surface area (Å²) in [6.45, 7) is 1.15. The second-order valence-corrected chi connectivity index (χ2v) is 4.41. The van der Waals surface area contributed by atoms with E-state index in [-0.39, 0.29) is 11.8 Å². The van der Waals surface area contributed by atoms with E-state index in [1.807, 2.05) is 24.3 Å². The molecule has 1 aromatic carbocycles. The first-order valence-corrected chi connectivity index (χ1v) is 6.17. The van der Waals surface area contributed by atoms with Crippen LogP contribution in [-0.2, 0) is 9.53 Å². The van der Waals surface area contributed by atoms with Gasteiger partial charge in [0.25, 0.3) is 0 Å². The van der Waals surface area contributed by atoms with Crippen LogP contribution >= 0.6 is 0 Å². The van der Waals surface area contributed by atoms with Gasteiger partial charge in [-0.25, -0.2) is 9.67 Å². The molecule has 1 atom stereocenters. The molecule has 6 heteroatoms. The smallest absolute Gasteiger partial charge is 0.229 e. The van der Waals surface area contributed by atoms with Gasteiger partial charge in [-0.2, -0.15) is 5.10 Å². The van der Waals surface area contributed by atoms with E-state index in [0.29, 0.717) is 13.2 Å². The Balaban J connectivity index is 1.83. The molecular weight excluding hydrogens is 244 g/mol. The number of para-hydroxylation sites is 2. The maximum atomic E-state index is 12.1. The normalized spacial score (nSPS) is 18.4. The maximum absolute atomic E-state index is 12.1. The third kappa shape index (κ3) is 2.48. The quantitative estimate of drug-likeness (QED) is 0.899. The summed E-state index contributed by atoms with van der Waals surface area (Å²) in [5, 5.41) is 7.01. The van der Waals surface area contributed by atoms with Crippen molar-refractivity contribution < 1.29 is 9.53 Å². The highest BCUT2D eigenvalue weighted by Gasteiger charge is 2.24. The number of hydrogen-bond donors (Lipinski definition) is 1. The molecule has 0 aliphatic carbocycles. The minimum absolute atomic E-state index is 0.00920. The molecule has 1 N–H and O–H groups in total. The lowest BCUT2D eigenvalue weighted by Gasteiger charge is -2.12. The summed E-state index contributed by atoms with van der Waals surface area (Å²) >= 11 is 0. The van der Waals surface area contributed by atoms with E-state index in [9.17, 15) is 4.79 Å². The van der Waals surface area contributed by atoms with E-state index in [1.54, 1.807) is 11.0 Å². The van der Waals surface area contributed by atoms with Crippen molar-refractivity contribution in [3.05, 3.63) is 36.9 Å². The Morgan fingerprint density at radius 3 is 3.05 bits per heavy atom.